The van der Waals surface area contributed by atoms with Gasteiger partial charge in [-0.25, -0.2) is 4.79 Å². The molecule has 1 atom stereocenters. The first kappa shape index (κ1) is 27.7. The summed E-state index contributed by atoms with van der Waals surface area (Å²) in [7, 11) is 0. The highest BCUT2D eigenvalue weighted by Gasteiger charge is 2.30. The molecule has 198 valence electrons. The fraction of sp³-hybridized carbons (Fsp3) is 0.333. The summed E-state index contributed by atoms with van der Waals surface area (Å²) in [5.41, 5.74) is 1.39. The first-order valence-corrected chi connectivity index (χ1v) is 14.6. The molecule has 0 radical (unpaired) electrons. The van der Waals surface area contributed by atoms with Gasteiger partial charge < -0.3 is 20.3 Å². The summed E-state index contributed by atoms with van der Waals surface area (Å²) in [4.78, 5) is 41.9. The van der Waals surface area contributed by atoms with Crippen LogP contribution in [-0.4, -0.2) is 40.2 Å². The van der Waals surface area contributed by atoms with Gasteiger partial charge in [-0.05, 0) is 69.3 Å². The molecule has 11 heteroatoms. The Bertz CT molecular complexity index is 1390. The van der Waals surface area contributed by atoms with Gasteiger partial charge in [-0.3, -0.25) is 9.59 Å². The van der Waals surface area contributed by atoms with Gasteiger partial charge in [-0.2, -0.15) is 5.26 Å². The SMILES string of the molecule is CC(Sc1cccc(NC(=O)c2cccs2)c1)C(=O)Nc1sc2c(c1C#N)CCN(C(=O)OC(C)(C)C)C2. The minimum absolute atomic E-state index is 0.177. The first-order chi connectivity index (χ1) is 18.0. The Morgan fingerprint density at radius 3 is 2.66 bits per heavy atom. The highest BCUT2D eigenvalue weighted by molar-refractivity contribution is 8.00. The van der Waals surface area contributed by atoms with Crippen molar-refractivity contribution in [2.45, 2.75) is 56.4 Å². The van der Waals surface area contributed by atoms with E-state index in [4.69, 9.17) is 4.74 Å². The van der Waals surface area contributed by atoms with Crippen LogP contribution >= 0.6 is 34.4 Å². The first-order valence-electron chi connectivity index (χ1n) is 12.0. The second-order valence-electron chi connectivity index (χ2n) is 9.68. The summed E-state index contributed by atoms with van der Waals surface area (Å²) in [5.74, 6) is -0.411. The molecule has 1 unspecified atom stereocenters. The minimum Gasteiger partial charge on any atom is -0.444 e. The van der Waals surface area contributed by atoms with Crippen LogP contribution in [0.2, 0.25) is 0 Å². The fourth-order valence-electron chi connectivity index (χ4n) is 3.81. The zero-order valence-electron chi connectivity index (χ0n) is 21.5. The molecule has 0 bridgehead atoms. The number of nitrogens with zero attached hydrogens (tertiary/aromatic N) is 2. The third kappa shape index (κ3) is 6.75. The summed E-state index contributed by atoms with van der Waals surface area (Å²) < 4.78 is 5.49. The van der Waals surface area contributed by atoms with Crippen LogP contribution in [0, 0.1) is 11.3 Å². The molecular formula is C27H28N4O4S3. The Hall–Kier alpha value is -3.33. The molecule has 4 rings (SSSR count). The van der Waals surface area contributed by atoms with Crippen molar-refractivity contribution in [3.05, 3.63) is 62.7 Å². The molecule has 1 aliphatic heterocycles. The average Bonchev–Trinajstić information content (AvgIpc) is 3.50. The molecule has 2 aromatic heterocycles. The molecule has 1 aliphatic rings. The van der Waals surface area contributed by atoms with Gasteiger partial charge in [-0.15, -0.1) is 34.4 Å². The molecule has 3 aromatic rings. The number of rotatable bonds is 6. The number of nitrogens with one attached hydrogen (secondary N) is 2. The molecule has 8 nitrogen and oxygen atoms in total. The van der Waals surface area contributed by atoms with E-state index >= 15 is 0 Å². The van der Waals surface area contributed by atoms with Crippen LogP contribution in [0.25, 0.3) is 0 Å². The van der Waals surface area contributed by atoms with Crippen LogP contribution in [0.15, 0.2) is 46.7 Å². The van der Waals surface area contributed by atoms with Crippen molar-refractivity contribution in [3.63, 3.8) is 0 Å². The third-order valence-corrected chi connectivity index (χ3v) is 8.67. The number of amides is 3. The van der Waals surface area contributed by atoms with Gasteiger partial charge in [0, 0.05) is 22.0 Å². The molecule has 0 aliphatic carbocycles. The van der Waals surface area contributed by atoms with Gasteiger partial charge in [0.05, 0.1) is 22.2 Å². The Labute approximate surface area is 234 Å². The van der Waals surface area contributed by atoms with Crippen molar-refractivity contribution in [2.75, 3.05) is 17.2 Å². The predicted octanol–water partition coefficient (Wildman–Crippen LogP) is 6.35. The molecular weight excluding hydrogens is 541 g/mol. The smallest absolute Gasteiger partial charge is 0.410 e. The highest BCUT2D eigenvalue weighted by Crippen LogP contribution is 2.37. The summed E-state index contributed by atoms with van der Waals surface area (Å²) in [6.45, 7) is 8.05. The molecule has 0 fully saturated rings. The van der Waals surface area contributed by atoms with E-state index in [0.29, 0.717) is 40.6 Å². The topological polar surface area (TPSA) is 112 Å². The monoisotopic (exact) mass is 568 g/mol. The Kier molecular flexibility index (Phi) is 8.45. The van der Waals surface area contributed by atoms with E-state index in [1.54, 1.807) is 24.0 Å². The van der Waals surface area contributed by atoms with Crippen molar-refractivity contribution in [1.29, 1.82) is 5.26 Å². The van der Waals surface area contributed by atoms with Gasteiger partial charge in [0.1, 0.15) is 16.7 Å². The number of hydrogen-bond donors (Lipinski definition) is 2. The third-order valence-electron chi connectivity index (χ3n) is 5.58. The normalized spacial score (nSPS) is 13.7. The number of ether oxygens (including phenoxy) is 1. The molecule has 3 heterocycles. The number of hydrogen-bond acceptors (Lipinski definition) is 8. The highest BCUT2D eigenvalue weighted by atomic mass is 32.2. The number of carbonyl (C=O) groups is 3. The average molecular weight is 569 g/mol. The molecule has 1 aromatic carbocycles. The van der Waals surface area contributed by atoms with Crippen molar-refractivity contribution in [3.8, 4) is 6.07 Å². The van der Waals surface area contributed by atoms with Crippen molar-refractivity contribution < 1.29 is 19.1 Å². The van der Waals surface area contributed by atoms with Crippen LogP contribution in [0.5, 0.6) is 0 Å². The van der Waals surface area contributed by atoms with Gasteiger partial charge in [0.25, 0.3) is 5.91 Å². The zero-order valence-corrected chi connectivity index (χ0v) is 23.9. The lowest BCUT2D eigenvalue weighted by molar-refractivity contribution is -0.115. The van der Waals surface area contributed by atoms with Crippen molar-refractivity contribution in [2.24, 2.45) is 0 Å². The summed E-state index contributed by atoms with van der Waals surface area (Å²) in [6, 6.07) is 13.2. The van der Waals surface area contributed by atoms with Crippen molar-refractivity contribution in [1.82, 2.24) is 4.90 Å². The second kappa shape index (κ2) is 11.6. The lowest BCUT2D eigenvalue weighted by Gasteiger charge is -2.29. The number of benzene rings is 1. The second-order valence-corrected chi connectivity index (χ2v) is 13.1. The lowest BCUT2D eigenvalue weighted by Crippen LogP contribution is -2.39. The summed E-state index contributed by atoms with van der Waals surface area (Å²) >= 11 is 4.05. The van der Waals surface area contributed by atoms with E-state index in [1.807, 2.05) is 50.4 Å². The van der Waals surface area contributed by atoms with Crippen LogP contribution in [0.3, 0.4) is 0 Å². The maximum absolute atomic E-state index is 13.1. The lowest BCUT2D eigenvalue weighted by atomic mass is 10.0. The predicted molar refractivity (Wildman–Crippen MR) is 152 cm³/mol. The van der Waals surface area contributed by atoms with Crippen LogP contribution in [0.4, 0.5) is 15.5 Å². The van der Waals surface area contributed by atoms with E-state index < -0.39 is 10.9 Å². The molecule has 2 N–H and O–H groups in total. The molecule has 38 heavy (non-hydrogen) atoms. The van der Waals surface area contributed by atoms with Gasteiger partial charge >= 0.3 is 6.09 Å². The molecule has 0 saturated carbocycles. The maximum atomic E-state index is 13.1. The molecule has 0 saturated heterocycles. The number of anilines is 2. The standard InChI is InChI=1S/C27H28N4O4S3/c1-16(37-18-8-5-7-17(13-18)29-24(33)21-9-6-12-36-21)23(32)30-25-20(14-28)19-10-11-31(15-22(19)38-25)26(34)35-27(2,3)4/h5-9,12-13,16H,10-11,15H2,1-4H3,(H,29,33)(H,30,32). The van der Waals surface area contributed by atoms with E-state index in [0.717, 1.165) is 15.3 Å². The number of nitriles is 1. The molecule has 0 spiro atoms. The number of fused-ring (bicyclic) bond motifs is 1. The zero-order chi connectivity index (χ0) is 27.4. The van der Waals surface area contributed by atoms with Crippen molar-refractivity contribution >= 4 is 63.0 Å². The van der Waals surface area contributed by atoms with Gasteiger partial charge in [0.15, 0.2) is 0 Å². The molecule has 3 amide bonds. The van der Waals surface area contributed by atoms with E-state index in [-0.39, 0.29) is 17.9 Å². The van der Waals surface area contributed by atoms with Gasteiger partial charge in [0.2, 0.25) is 5.91 Å². The van der Waals surface area contributed by atoms with E-state index in [1.165, 1.54) is 34.4 Å². The Morgan fingerprint density at radius 1 is 1.18 bits per heavy atom. The maximum Gasteiger partial charge on any atom is 0.410 e. The Morgan fingerprint density at radius 2 is 1.97 bits per heavy atom. The largest absolute Gasteiger partial charge is 0.444 e. The number of thiophene rings is 2. The van der Waals surface area contributed by atoms with Gasteiger partial charge in [-0.1, -0.05) is 12.1 Å². The summed E-state index contributed by atoms with van der Waals surface area (Å²) in [5, 5.41) is 17.5. The fourth-order valence-corrected chi connectivity index (χ4v) is 6.57. The number of carbonyl (C=O) groups excluding carboxylic acids is 3. The minimum atomic E-state index is -0.591. The Balaban J connectivity index is 1.40. The quantitative estimate of drug-likeness (QED) is 0.335. The van der Waals surface area contributed by atoms with Crippen LogP contribution < -0.4 is 10.6 Å². The van der Waals surface area contributed by atoms with E-state index in [2.05, 4.69) is 16.7 Å². The number of thioether (sulfide) groups is 1. The van der Waals surface area contributed by atoms with Crippen LogP contribution in [0.1, 0.15) is 53.4 Å². The van der Waals surface area contributed by atoms with E-state index in [9.17, 15) is 19.6 Å². The van der Waals surface area contributed by atoms with Crippen LogP contribution in [-0.2, 0) is 22.5 Å². The summed E-state index contributed by atoms with van der Waals surface area (Å²) in [6.07, 6.45) is 0.137.